The van der Waals surface area contributed by atoms with E-state index in [2.05, 4.69) is 36.2 Å². The average Bonchev–Trinajstić information content (AvgIpc) is 3.34. The smallest absolute Gasteiger partial charge is 0.278 e. The third-order valence-corrected chi connectivity index (χ3v) is 4.42. The molecule has 1 aliphatic rings. The van der Waals surface area contributed by atoms with Crippen LogP contribution in [0.5, 0.6) is 0 Å². The number of benzene rings is 1. The number of anilines is 1. The summed E-state index contributed by atoms with van der Waals surface area (Å²) in [6.07, 6.45) is 2.21. The van der Waals surface area contributed by atoms with Crippen molar-refractivity contribution in [3.8, 4) is 0 Å². The maximum absolute atomic E-state index is 12.4. The molecule has 4 N–H and O–H groups in total. The van der Waals surface area contributed by atoms with E-state index in [0.717, 1.165) is 29.8 Å². The second-order valence-corrected chi connectivity index (χ2v) is 6.44. The van der Waals surface area contributed by atoms with Gasteiger partial charge in [-0.05, 0) is 5.56 Å². The average molecular weight is 417 g/mol. The Morgan fingerprint density at radius 2 is 2.03 bits per heavy atom. The molecule has 3 aromatic rings. The third-order valence-electron chi connectivity index (χ3n) is 4.42. The SMILES string of the molecule is Cl.O=C(Cn1cnc(NC(=O)c2n[nH]c3c2CNCC3)n1)NCc1ccccc1. The molecular weight excluding hydrogens is 396 g/mol. The van der Waals surface area contributed by atoms with Crippen LogP contribution in [-0.4, -0.2) is 43.3 Å². The van der Waals surface area contributed by atoms with E-state index in [1.54, 1.807) is 0 Å². The Balaban J connectivity index is 0.00000240. The number of nitrogens with zero attached hydrogens (tertiary/aromatic N) is 4. The Kier molecular flexibility index (Phi) is 6.57. The highest BCUT2D eigenvalue weighted by Crippen LogP contribution is 2.16. The van der Waals surface area contributed by atoms with Crippen molar-refractivity contribution >= 4 is 30.2 Å². The summed E-state index contributed by atoms with van der Waals surface area (Å²) in [7, 11) is 0. The lowest BCUT2D eigenvalue weighted by atomic mass is 10.1. The number of carbonyl (C=O) groups excluding carboxylic acids is 2. The highest BCUT2D eigenvalue weighted by atomic mass is 35.5. The van der Waals surface area contributed by atoms with Gasteiger partial charge in [0.05, 0.1) is 0 Å². The van der Waals surface area contributed by atoms with E-state index in [1.165, 1.54) is 11.0 Å². The molecule has 0 saturated heterocycles. The highest BCUT2D eigenvalue weighted by molar-refractivity contribution is 6.03. The van der Waals surface area contributed by atoms with Gasteiger partial charge in [-0.25, -0.2) is 9.67 Å². The van der Waals surface area contributed by atoms with Gasteiger partial charge < -0.3 is 10.6 Å². The van der Waals surface area contributed by atoms with Crippen LogP contribution in [0.15, 0.2) is 36.7 Å². The molecule has 0 fully saturated rings. The number of aromatic nitrogens is 5. The summed E-state index contributed by atoms with van der Waals surface area (Å²) in [4.78, 5) is 28.5. The van der Waals surface area contributed by atoms with E-state index >= 15 is 0 Å². The zero-order valence-electron chi connectivity index (χ0n) is 15.5. The molecule has 29 heavy (non-hydrogen) atoms. The number of halogens is 1. The minimum Gasteiger partial charge on any atom is -0.350 e. The number of fused-ring (bicyclic) bond motifs is 1. The molecule has 0 aliphatic carbocycles. The summed E-state index contributed by atoms with van der Waals surface area (Å²) in [6.45, 7) is 1.90. The normalized spacial score (nSPS) is 12.6. The van der Waals surface area contributed by atoms with E-state index in [1.807, 2.05) is 30.3 Å². The molecule has 0 bridgehead atoms. The molecule has 4 rings (SSSR count). The van der Waals surface area contributed by atoms with Gasteiger partial charge in [0.25, 0.3) is 5.91 Å². The van der Waals surface area contributed by atoms with E-state index in [4.69, 9.17) is 0 Å². The topological polar surface area (TPSA) is 130 Å². The fourth-order valence-corrected chi connectivity index (χ4v) is 3.00. The van der Waals surface area contributed by atoms with Crippen LogP contribution in [0, 0.1) is 0 Å². The Morgan fingerprint density at radius 1 is 1.21 bits per heavy atom. The van der Waals surface area contributed by atoms with Crippen molar-refractivity contribution < 1.29 is 9.59 Å². The first-order chi connectivity index (χ1) is 13.7. The van der Waals surface area contributed by atoms with E-state index in [-0.39, 0.29) is 36.7 Å². The van der Waals surface area contributed by atoms with Crippen molar-refractivity contribution in [2.45, 2.75) is 26.1 Å². The zero-order valence-corrected chi connectivity index (χ0v) is 16.3. The molecule has 10 nitrogen and oxygen atoms in total. The summed E-state index contributed by atoms with van der Waals surface area (Å²) in [5, 5.41) is 19.8. The number of H-pyrrole nitrogens is 1. The Labute approximate surface area is 172 Å². The molecular formula is C18H21ClN8O2. The van der Waals surface area contributed by atoms with Crippen LogP contribution < -0.4 is 16.0 Å². The molecule has 0 saturated carbocycles. The van der Waals surface area contributed by atoms with Gasteiger partial charge in [-0.3, -0.25) is 20.0 Å². The predicted octanol–water partition coefficient (Wildman–Crippen LogP) is 0.637. The van der Waals surface area contributed by atoms with Crippen LogP contribution in [0.3, 0.4) is 0 Å². The molecule has 3 heterocycles. The molecule has 1 aliphatic heterocycles. The van der Waals surface area contributed by atoms with Crippen LogP contribution in [0.4, 0.5) is 5.95 Å². The molecule has 11 heteroatoms. The van der Waals surface area contributed by atoms with Crippen molar-refractivity contribution in [3.63, 3.8) is 0 Å². The first-order valence-corrected chi connectivity index (χ1v) is 8.97. The predicted molar refractivity (Wildman–Crippen MR) is 108 cm³/mol. The van der Waals surface area contributed by atoms with Gasteiger partial charge in [-0.15, -0.1) is 17.5 Å². The Bertz CT molecular complexity index is 985. The van der Waals surface area contributed by atoms with Crippen molar-refractivity contribution in [2.24, 2.45) is 0 Å². The van der Waals surface area contributed by atoms with Crippen molar-refractivity contribution in [2.75, 3.05) is 11.9 Å². The molecule has 2 amide bonds. The maximum Gasteiger partial charge on any atom is 0.278 e. The summed E-state index contributed by atoms with van der Waals surface area (Å²) in [6, 6.07) is 9.63. The van der Waals surface area contributed by atoms with Crippen molar-refractivity contribution in [1.82, 2.24) is 35.6 Å². The zero-order chi connectivity index (χ0) is 19.3. The number of carbonyl (C=O) groups is 2. The summed E-state index contributed by atoms with van der Waals surface area (Å²) in [5.41, 5.74) is 3.18. The van der Waals surface area contributed by atoms with Crippen LogP contribution in [0.25, 0.3) is 0 Å². The van der Waals surface area contributed by atoms with Gasteiger partial charge >= 0.3 is 0 Å². The fourth-order valence-electron chi connectivity index (χ4n) is 3.00. The number of hydrogen-bond donors (Lipinski definition) is 4. The van der Waals surface area contributed by atoms with E-state index < -0.39 is 0 Å². The summed E-state index contributed by atoms with van der Waals surface area (Å²) in [5.74, 6) is -0.451. The number of rotatable bonds is 6. The first-order valence-electron chi connectivity index (χ1n) is 8.97. The van der Waals surface area contributed by atoms with Crippen molar-refractivity contribution in [3.05, 3.63) is 59.2 Å². The van der Waals surface area contributed by atoms with E-state index in [0.29, 0.717) is 18.8 Å². The first kappa shape index (κ1) is 20.5. The van der Waals surface area contributed by atoms with Crippen LogP contribution in [-0.2, 0) is 30.8 Å². The third kappa shape index (κ3) is 4.98. The lowest BCUT2D eigenvalue weighted by Crippen LogP contribution is -2.27. The standard InChI is InChI=1S/C18H20N8O2.ClH/c27-15(20-8-12-4-2-1-3-5-12)10-26-11-21-18(25-26)22-17(28)16-13-9-19-7-6-14(13)23-24-16;/h1-5,11,19H,6-10H2,(H,20,27)(H,23,24)(H,22,25,28);1H. The van der Waals surface area contributed by atoms with Gasteiger partial charge in [0.2, 0.25) is 11.9 Å². The second-order valence-electron chi connectivity index (χ2n) is 6.44. The summed E-state index contributed by atoms with van der Waals surface area (Å²) < 4.78 is 1.37. The molecule has 152 valence electrons. The highest BCUT2D eigenvalue weighted by Gasteiger charge is 2.22. The quantitative estimate of drug-likeness (QED) is 0.466. The summed E-state index contributed by atoms with van der Waals surface area (Å²) >= 11 is 0. The fraction of sp³-hybridized carbons (Fsp3) is 0.278. The molecule has 1 aromatic carbocycles. The second kappa shape index (κ2) is 9.30. The van der Waals surface area contributed by atoms with Crippen LogP contribution in [0.2, 0.25) is 0 Å². The molecule has 0 unspecified atom stereocenters. The Morgan fingerprint density at radius 3 is 2.86 bits per heavy atom. The van der Waals surface area contributed by atoms with Gasteiger partial charge in [0.15, 0.2) is 5.69 Å². The monoisotopic (exact) mass is 416 g/mol. The Hall–Kier alpha value is -3.24. The van der Waals surface area contributed by atoms with Gasteiger partial charge in [-0.1, -0.05) is 30.3 Å². The largest absolute Gasteiger partial charge is 0.350 e. The molecule has 0 radical (unpaired) electrons. The lowest BCUT2D eigenvalue weighted by Gasteiger charge is -2.12. The van der Waals surface area contributed by atoms with Crippen molar-refractivity contribution in [1.29, 1.82) is 0 Å². The lowest BCUT2D eigenvalue weighted by molar-refractivity contribution is -0.122. The minimum atomic E-state index is -0.382. The van der Waals surface area contributed by atoms with E-state index in [9.17, 15) is 9.59 Å². The molecule has 2 aromatic heterocycles. The number of amides is 2. The van der Waals surface area contributed by atoms with Gasteiger partial charge in [0.1, 0.15) is 12.9 Å². The van der Waals surface area contributed by atoms with Gasteiger partial charge in [0, 0.05) is 37.3 Å². The minimum absolute atomic E-state index is 0. The van der Waals surface area contributed by atoms with Gasteiger partial charge in [-0.2, -0.15) is 5.10 Å². The van der Waals surface area contributed by atoms with Crippen LogP contribution >= 0.6 is 12.4 Å². The number of nitrogens with one attached hydrogen (secondary N) is 4. The molecule has 0 spiro atoms. The van der Waals surface area contributed by atoms with Crippen LogP contribution in [0.1, 0.15) is 27.3 Å². The number of aromatic amines is 1. The number of hydrogen-bond acceptors (Lipinski definition) is 6. The molecule has 0 atom stereocenters. The maximum atomic E-state index is 12.4.